The lowest BCUT2D eigenvalue weighted by Gasteiger charge is -2.19. The summed E-state index contributed by atoms with van der Waals surface area (Å²) in [5.74, 6) is 1.57. The summed E-state index contributed by atoms with van der Waals surface area (Å²) in [7, 11) is 5.65. The molecular weight excluding hydrogens is 368 g/mol. The number of amides is 1. The molecule has 3 rings (SSSR count). The first-order chi connectivity index (χ1) is 12.9. The van der Waals surface area contributed by atoms with E-state index >= 15 is 0 Å². The van der Waals surface area contributed by atoms with Crippen LogP contribution in [0, 0.1) is 5.92 Å². The molecule has 3 heterocycles. The third-order valence-electron chi connectivity index (χ3n) is 4.35. The number of anilines is 3. The summed E-state index contributed by atoms with van der Waals surface area (Å²) in [6.45, 7) is 2.70. The van der Waals surface area contributed by atoms with Crippen molar-refractivity contribution in [1.82, 2.24) is 29.5 Å². The van der Waals surface area contributed by atoms with E-state index in [4.69, 9.17) is 11.6 Å². The molecule has 0 unspecified atom stereocenters. The third kappa shape index (κ3) is 5.30. The van der Waals surface area contributed by atoms with Gasteiger partial charge in [0, 0.05) is 32.9 Å². The molecule has 1 aliphatic heterocycles. The van der Waals surface area contributed by atoms with Gasteiger partial charge in [0.15, 0.2) is 5.82 Å². The molecule has 10 heteroatoms. The van der Waals surface area contributed by atoms with E-state index < -0.39 is 0 Å². The summed E-state index contributed by atoms with van der Waals surface area (Å²) in [6.07, 6.45) is 6.07. The molecular formula is C17H25ClN8O. The van der Waals surface area contributed by atoms with Crippen molar-refractivity contribution >= 4 is 35.0 Å². The zero-order valence-electron chi connectivity index (χ0n) is 15.8. The molecule has 2 N–H and O–H groups in total. The molecule has 1 fully saturated rings. The van der Waals surface area contributed by atoms with Crippen LogP contribution in [0.5, 0.6) is 0 Å². The number of aryl methyl sites for hydroxylation is 1. The molecule has 9 nitrogen and oxygen atoms in total. The van der Waals surface area contributed by atoms with Gasteiger partial charge in [0.1, 0.15) is 5.02 Å². The summed E-state index contributed by atoms with van der Waals surface area (Å²) in [6, 6.07) is 0. The fraction of sp³-hybridized carbons (Fsp3) is 0.529. The van der Waals surface area contributed by atoms with Gasteiger partial charge in [-0.25, -0.2) is 4.98 Å². The van der Waals surface area contributed by atoms with E-state index in [-0.39, 0.29) is 5.91 Å². The van der Waals surface area contributed by atoms with E-state index in [0.29, 0.717) is 35.8 Å². The van der Waals surface area contributed by atoms with Crippen LogP contribution in [0.15, 0.2) is 18.6 Å². The Morgan fingerprint density at radius 1 is 1.41 bits per heavy atom. The number of hydrogen-bond acceptors (Lipinski definition) is 7. The number of aromatic nitrogens is 4. The molecule has 2 aromatic heterocycles. The van der Waals surface area contributed by atoms with E-state index in [1.807, 2.05) is 37.1 Å². The van der Waals surface area contributed by atoms with Crippen LogP contribution in [0.25, 0.3) is 0 Å². The highest BCUT2D eigenvalue weighted by Gasteiger charge is 2.26. The number of likely N-dealkylation sites (tertiary alicyclic amines) is 1. The van der Waals surface area contributed by atoms with E-state index in [2.05, 4.69) is 25.7 Å². The van der Waals surface area contributed by atoms with Crippen molar-refractivity contribution in [3.8, 4) is 0 Å². The predicted molar refractivity (Wildman–Crippen MR) is 105 cm³/mol. The quantitative estimate of drug-likeness (QED) is 0.736. The Labute approximate surface area is 163 Å². The van der Waals surface area contributed by atoms with Gasteiger partial charge in [-0.3, -0.25) is 9.48 Å². The van der Waals surface area contributed by atoms with Gasteiger partial charge in [-0.15, -0.1) is 0 Å². The van der Waals surface area contributed by atoms with Crippen molar-refractivity contribution in [3.63, 3.8) is 0 Å². The smallest absolute Gasteiger partial charge is 0.236 e. The van der Waals surface area contributed by atoms with Crippen LogP contribution in [0.3, 0.4) is 0 Å². The minimum atomic E-state index is 0.172. The molecule has 1 amide bonds. The Morgan fingerprint density at radius 2 is 2.22 bits per heavy atom. The van der Waals surface area contributed by atoms with Crippen molar-refractivity contribution in [3.05, 3.63) is 23.6 Å². The number of likely N-dealkylation sites (N-methyl/N-ethyl adjacent to an activating group) is 1. The summed E-state index contributed by atoms with van der Waals surface area (Å²) < 4.78 is 1.70. The van der Waals surface area contributed by atoms with Gasteiger partial charge in [0.25, 0.3) is 0 Å². The molecule has 1 saturated heterocycles. The van der Waals surface area contributed by atoms with Crippen LogP contribution in [-0.2, 0) is 11.8 Å². The lowest BCUT2D eigenvalue weighted by Crippen LogP contribution is -2.36. The van der Waals surface area contributed by atoms with Gasteiger partial charge in [-0.2, -0.15) is 10.1 Å². The number of carbonyl (C=O) groups excluding carboxylic acids is 1. The largest absolute Gasteiger partial charge is 0.368 e. The molecule has 0 saturated carbocycles. The maximum atomic E-state index is 12.2. The van der Waals surface area contributed by atoms with Gasteiger partial charge in [-0.1, -0.05) is 11.6 Å². The Morgan fingerprint density at radius 3 is 2.93 bits per heavy atom. The Kier molecular flexibility index (Phi) is 6.12. The summed E-state index contributed by atoms with van der Waals surface area (Å²) in [5.41, 5.74) is 0.802. The molecule has 146 valence electrons. The van der Waals surface area contributed by atoms with Crippen LogP contribution in [0.4, 0.5) is 17.5 Å². The van der Waals surface area contributed by atoms with E-state index in [1.54, 1.807) is 17.1 Å². The number of hydrogen-bond donors (Lipinski definition) is 2. The van der Waals surface area contributed by atoms with E-state index in [1.165, 1.54) is 0 Å². The Hall–Kier alpha value is -2.39. The van der Waals surface area contributed by atoms with Crippen LogP contribution in [0.1, 0.15) is 6.42 Å². The van der Waals surface area contributed by atoms with Crippen molar-refractivity contribution in [1.29, 1.82) is 0 Å². The number of halogens is 1. The first-order valence-corrected chi connectivity index (χ1v) is 9.23. The van der Waals surface area contributed by atoms with Gasteiger partial charge in [-0.05, 0) is 26.4 Å². The Balaban J connectivity index is 1.55. The highest BCUT2D eigenvalue weighted by Crippen LogP contribution is 2.23. The highest BCUT2D eigenvalue weighted by molar-refractivity contribution is 6.32. The average molecular weight is 393 g/mol. The zero-order valence-corrected chi connectivity index (χ0v) is 16.6. The van der Waals surface area contributed by atoms with Gasteiger partial charge < -0.3 is 20.4 Å². The highest BCUT2D eigenvalue weighted by atomic mass is 35.5. The molecule has 0 bridgehead atoms. The molecule has 0 spiro atoms. The second kappa shape index (κ2) is 8.53. The molecule has 1 atom stereocenters. The van der Waals surface area contributed by atoms with Crippen molar-refractivity contribution in [2.45, 2.75) is 6.42 Å². The van der Waals surface area contributed by atoms with Crippen molar-refractivity contribution in [2.75, 3.05) is 50.9 Å². The molecule has 1 aliphatic rings. The molecule has 0 aliphatic carbocycles. The predicted octanol–water partition coefficient (Wildman–Crippen LogP) is 1.43. The minimum absolute atomic E-state index is 0.172. The molecule has 27 heavy (non-hydrogen) atoms. The number of carbonyl (C=O) groups is 1. The summed E-state index contributed by atoms with van der Waals surface area (Å²) in [4.78, 5) is 24.6. The van der Waals surface area contributed by atoms with Crippen molar-refractivity contribution in [2.24, 2.45) is 13.0 Å². The zero-order chi connectivity index (χ0) is 19.4. The Bertz CT molecular complexity index is 793. The maximum absolute atomic E-state index is 12.2. The lowest BCUT2D eigenvalue weighted by atomic mass is 10.1. The maximum Gasteiger partial charge on any atom is 0.236 e. The van der Waals surface area contributed by atoms with Crippen LogP contribution in [0.2, 0.25) is 5.02 Å². The first kappa shape index (κ1) is 19.4. The minimum Gasteiger partial charge on any atom is -0.368 e. The number of nitrogens with one attached hydrogen (secondary N) is 2. The SMILES string of the molecule is CN(C)CC(=O)N1CC[C@H](CNc2nc(Nc3cnn(C)c3)ncc2Cl)C1. The monoisotopic (exact) mass is 392 g/mol. The fourth-order valence-electron chi connectivity index (χ4n) is 3.00. The summed E-state index contributed by atoms with van der Waals surface area (Å²) in [5, 5.41) is 11.0. The molecule has 0 radical (unpaired) electrons. The first-order valence-electron chi connectivity index (χ1n) is 8.85. The van der Waals surface area contributed by atoms with Crippen LogP contribution < -0.4 is 10.6 Å². The number of rotatable bonds is 7. The fourth-order valence-corrected chi connectivity index (χ4v) is 3.16. The standard InChI is InChI=1S/C17H25ClN8O/c1-24(2)11-15(27)26-5-4-12(9-26)6-19-16-14(18)8-20-17(23-16)22-13-7-21-25(3)10-13/h7-8,10,12H,4-6,9,11H2,1-3H3,(H2,19,20,22,23)/t12-/m1/s1. The van der Waals surface area contributed by atoms with E-state index in [0.717, 1.165) is 25.2 Å². The molecule has 0 aromatic carbocycles. The summed E-state index contributed by atoms with van der Waals surface area (Å²) >= 11 is 6.22. The normalized spacial score (nSPS) is 16.8. The topological polar surface area (TPSA) is 91.2 Å². The number of nitrogens with zero attached hydrogens (tertiary/aromatic N) is 6. The van der Waals surface area contributed by atoms with Gasteiger partial charge >= 0.3 is 0 Å². The van der Waals surface area contributed by atoms with Crippen molar-refractivity contribution < 1.29 is 4.79 Å². The third-order valence-corrected chi connectivity index (χ3v) is 4.63. The van der Waals surface area contributed by atoms with E-state index in [9.17, 15) is 4.79 Å². The van der Waals surface area contributed by atoms with Gasteiger partial charge in [0.05, 0.1) is 24.6 Å². The average Bonchev–Trinajstić information content (AvgIpc) is 3.24. The lowest BCUT2D eigenvalue weighted by molar-refractivity contribution is -0.130. The molecule has 2 aromatic rings. The second-order valence-corrected chi connectivity index (χ2v) is 7.44. The van der Waals surface area contributed by atoms with Gasteiger partial charge in [0.2, 0.25) is 11.9 Å². The van der Waals surface area contributed by atoms with Crippen LogP contribution in [-0.4, -0.2) is 75.7 Å². The second-order valence-electron chi connectivity index (χ2n) is 7.03. The van der Waals surface area contributed by atoms with Crippen LogP contribution >= 0.6 is 11.6 Å².